The van der Waals surface area contributed by atoms with E-state index in [1.54, 1.807) is 42.6 Å². The van der Waals surface area contributed by atoms with Crippen LogP contribution in [0.15, 0.2) is 79.5 Å². The van der Waals surface area contributed by atoms with E-state index >= 15 is 0 Å². The molecule has 150 valence electrons. The molecule has 3 aromatic heterocycles. The number of aliphatic hydroxyl groups is 1. The molecule has 1 atom stereocenters. The molecule has 29 heavy (non-hydrogen) atoms. The van der Waals surface area contributed by atoms with Crippen LogP contribution in [0.25, 0.3) is 11.3 Å². The molecule has 0 saturated heterocycles. The Balaban J connectivity index is 1.56. The highest BCUT2D eigenvalue weighted by molar-refractivity contribution is 7.89. The number of furan rings is 1. The smallest absolute Gasteiger partial charge is 0.240 e. The lowest BCUT2D eigenvalue weighted by Crippen LogP contribution is -2.41. The lowest BCUT2D eigenvalue weighted by molar-refractivity contribution is 0.0623. The van der Waals surface area contributed by atoms with Gasteiger partial charge in [-0.05, 0) is 41.1 Å². The lowest BCUT2D eigenvalue weighted by atomic mass is 9.94. The Morgan fingerprint density at radius 2 is 1.97 bits per heavy atom. The zero-order chi connectivity index (χ0) is 20.5. The average Bonchev–Trinajstić information content (AvgIpc) is 3.49. The van der Waals surface area contributed by atoms with Crippen LogP contribution >= 0.6 is 11.3 Å². The third kappa shape index (κ3) is 3.90. The fourth-order valence-corrected chi connectivity index (χ4v) is 4.71. The number of oxazole rings is 1. The molecule has 0 aliphatic heterocycles. The number of nitrogens with one attached hydrogen (secondary N) is 1. The molecule has 0 bridgehead atoms. The van der Waals surface area contributed by atoms with Crippen molar-refractivity contribution in [2.75, 3.05) is 6.54 Å². The van der Waals surface area contributed by atoms with Crippen LogP contribution < -0.4 is 4.72 Å². The minimum Gasteiger partial charge on any atom is -0.466 e. The average molecular weight is 431 g/mol. The Labute approximate surface area is 171 Å². The number of nitrogens with zero attached hydrogens (tertiary/aromatic N) is 1. The molecule has 4 aromatic rings. The molecule has 0 radical (unpaired) electrons. The van der Waals surface area contributed by atoms with Crippen molar-refractivity contribution in [3.05, 3.63) is 83.0 Å². The van der Waals surface area contributed by atoms with Gasteiger partial charge in [-0.25, -0.2) is 18.1 Å². The molecule has 0 aliphatic rings. The lowest BCUT2D eigenvalue weighted by Gasteiger charge is -2.25. The molecule has 0 amide bonds. The molecule has 0 aliphatic carbocycles. The minimum absolute atomic E-state index is 0.0774. The zero-order valence-corrected chi connectivity index (χ0v) is 17.0. The SMILES string of the molecule is Cc1nc(-c2ccc(S(=O)(=O)NC[C@@](O)(c3ccsc3)c3ccco3)cc2)co1. The summed E-state index contributed by atoms with van der Waals surface area (Å²) in [5, 5.41) is 14.8. The van der Waals surface area contributed by atoms with Gasteiger partial charge in [0.2, 0.25) is 10.0 Å². The Kier molecular flexibility index (Phi) is 5.13. The first-order chi connectivity index (χ1) is 13.9. The summed E-state index contributed by atoms with van der Waals surface area (Å²) in [5.74, 6) is 0.791. The van der Waals surface area contributed by atoms with Crippen molar-refractivity contribution >= 4 is 21.4 Å². The predicted molar refractivity (Wildman–Crippen MR) is 108 cm³/mol. The largest absolute Gasteiger partial charge is 0.466 e. The van der Waals surface area contributed by atoms with Gasteiger partial charge < -0.3 is 13.9 Å². The number of benzene rings is 1. The first kappa shape index (κ1) is 19.6. The van der Waals surface area contributed by atoms with Gasteiger partial charge in [0.05, 0.1) is 17.7 Å². The van der Waals surface area contributed by atoms with Gasteiger partial charge in [0, 0.05) is 18.1 Å². The third-order valence-electron chi connectivity index (χ3n) is 4.52. The Morgan fingerprint density at radius 3 is 2.55 bits per heavy atom. The maximum Gasteiger partial charge on any atom is 0.240 e. The fourth-order valence-electron chi connectivity index (χ4n) is 2.93. The van der Waals surface area contributed by atoms with Gasteiger partial charge in [0.1, 0.15) is 17.7 Å². The van der Waals surface area contributed by atoms with Gasteiger partial charge in [0.15, 0.2) is 11.5 Å². The van der Waals surface area contributed by atoms with Crippen molar-refractivity contribution in [3.63, 3.8) is 0 Å². The van der Waals surface area contributed by atoms with Crippen LogP contribution in [-0.4, -0.2) is 25.1 Å². The summed E-state index contributed by atoms with van der Waals surface area (Å²) < 4.78 is 38.6. The normalized spacial score (nSPS) is 14.0. The van der Waals surface area contributed by atoms with Crippen LogP contribution in [0.4, 0.5) is 0 Å². The van der Waals surface area contributed by atoms with Gasteiger partial charge in [-0.2, -0.15) is 11.3 Å². The predicted octanol–water partition coefficient (Wildman–Crippen LogP) is 3.52. The van der Waals surface area contributed by atoms with E-state index in [0.717, 1.165) is 5.56 Å². The Hall–Kier alpha value is -2.72. The molecule has 2 N–H and O–H groups in total. The summed E-state index contributed by atoms with van der Waals surface area (Å²) in [4.78, 5) is 4.30. The summed E-state index contributed by atoms with van der Waals surface area (Å²) in [6.07, 6.45) is 2.95. The van der Waals surface area contributed by atoms with E-state index < -0.39 is 15.6 Å². The second-order valence-electron chi connectivity index (χ2n) is 6.45. The molecule has 1 aromatic carbocycles. The summed E-state index contributed by atoms with van der Waals surface area (Å²) in [6, 6.07) is 11.3. The number of sulfonamides is 1. The van der Waals surface area contributed by atoms with E-state index in [1.165, 1.54) is 36.0 Å². The van der Waals surface area contributed by atoms with Gasteiger partial charge >= 0.3 is 0 Å². The van der Waals surface area contributed by atoms with Crippen molar-refractivity contribution in [1.29, 1.82) is 0 Å². The van der Waals surface area contributed by atoms with Crippen molar-refractivity contribution in [3.8, 4) is 11.3 Å². The molecular weight excluding hydrogens is 412 g/mol. The zero-order valence-electron chi connectivity index (χ0n) is 15.4. The number of rotatable bonds is 7. The van der Waals surface area contributed by atoms with E-state index in [9.17, 15) is 13.5 Å². The molecule has 0 fully saturated rings. The van der Waals surface area contributed by atoms with E-state index in [1.807, 2.05) is 5.38 Å². The first-order valence-corrected chi connectivity index (χ1v) is 11.1. The van der Waals surface area contributed by atoms with Crippen LogP contribution in [0.5, 0.6) is 0 Å². The summed E-state index contributed by atoms with van der Waals surface area (Å²) in [7, 11) is -3.86. The highest BCUT2D eigenvalue weighted by Crippen LogP contribution is 2.31. The summed E-state index contributed by atoms with van der Waals surface area (Å²) >= 11 is 1.40. The molecule has 3 heterocycles. The molecule has 0 spiro atoms. The number of hydrogen-bond acceptors (Lipinski definition) is 7. The molecule has 7 nitrogen and oxygen atoms in total. The maximum atomic E-state index is 12.8. The van der Waals surface area contributed by atoms with E-state index in [0.29, 0.717) is 17.1 Å². The molecule has 4 rings (SSSR count). The molecule has 0 saturated carbocycles. The second-order valence-corrected chi connectivity index (χ2v) is 9.00. The highest BCUT2D eigenvalue weighted by Gasteiger charge is 2.36. The van der Waals surface area contributed by atoms with Crippen molar-refractivity contribution in [2.24, 2.45) is 0 Å². The van der Waals surface area contributed by atoms with Crippen molar-refractivity contribution in [1.82, 2.24) is 9.71 Å². The van der Waals surface area contributed by atoms with Crippen LogP contribution in [0.2, 0.25) is 0 Å². The minimum atomic E-state index is -3.86. The molecule has 9 heteroatoms. The van der Waals surface area contributed by atoms with Crippen LogP contribution in [-0.2, 0) is 15.6 Å². The standard InChI is InChI=1S/C20H18N2O5S2/c1-14-22-18(11-27-14)15-4-6-17(7-5-15)29(24,25)21-13-20(23,16-8-10-28-12-16)19-3-2-9-26-19/h2-12,21,23H,13H2,1H3/t20-/m1/s1. The van der Waals surface area contributed by atoms with Crippen LogP contribution in [0.1, 0.15) is 17.2 Å². The van der Waals surface area contributed by atoms with Crippen molar-refractivity contribution < 1.29 is 22.4 Å². The summed E-state index contributed by atoms with van der Waals surface area (Å²) in [5.41, 5.74) is 0.307. The third-order valence-corrected chi connectivity index (χ3v) is 6.63. The van der Waals surface area contributed by atoms with E-state index in [4.69, 9.17) is 8.83 Å². The van der Waals surface area contributed by atoms with Gasteiger partial charge in [-0.3, -0.25) is 0 Å². The molecule has 0 unspecified atom stereocenters. The van der Waals surface area contributed by atoms with Gasteiger partial charge in [-0.1, -0.05) is 12.1 Å². The van der Waals surface area contributed by atoms with Crippen LogP contribution in [0.3, 0.4) is 0 Å². The van der Waals surface area contributed by atoms with Crippen LogP contribution in [0, 0.1) is 6.92 Å². The van der Waals surface area contributed by atoms with E-state index in [-0.39, 0.29) is 17.2 Å². The quantitative estimate of drug-likeness (QED) is 0.465. The van der Waals surface area contributed by atoms with E-state index in [2.05, 4.69) is 9.71 Å². The number of aryl methyl sites for hydroxylation is 1. The summed E-state index contributed by atoms with van der Waals surface area (Å²) in [6.45, 7) is 1.46. The topological polar surface area (TPSA) is 106 Å². The fraction of sp³-hybridized carbons (Fsp3) is 0.150. The number of hydrogen-bond donors (Lipinski definition) is 2. The monoisotopic (exact) mass is 430 g/mol. The maximum absolute atomic E-state index is 12.8. The number of thiophene rings is 1. The van der Waals surface area contributed by atoms with Gasteiger partial charge in [-0.15, -0.1) is 0 Å². The molecular formula is C20H18N2O5S2. The van der Waals surface area contributed by atoms with Crippen molar-refractivity contribution in [2.45, 2.75) is 17.4 Å². The first-order valence-electron chi connectivity index (χ1n) is 8.70. The highest BCUT2D eigenvalue weighted by atomic mass is 32.2. The second kappa shape index (κ2) is 7.60. The van der Waals surface area contributed by atoms with Gasteiger partial charge in [0.25, 0.3) is 0 Å². The Morgan fingerprint density at radius 1 is 1.17 bits per heavy atom. The number of aromatic nitrogens is 1. The Bertz CT molecular complexity index is 1140.